The first-order valence-electron chi connectivity index (χ1n) is 8.59. The van der Waals surface area contributed by atoms with Gasteiger partial charge in [-0.15, -0.1) is 0 Å². The third kappa shape index (κ3) is 5.59. The van der Waals surface area contributed by atoms with E-state index in [-0.39, 0.29) is 24.1 Å². The Morgan fingerprint density at radius 2 is 1.72 bits per heavy atom. The van der Waals surface area contributed by atoms with Crippen molar-refractivity contribution in [3.05, 3.63) is 65.0 Å². The van der Waals surface area contributed by atoms with E-state index in [2.05, 4.69) is 43.4 Å². The quantitative estimate of drug-likeness (QED) is 0.806. The van der Waals surface area contributed by atoms with Crippen molar-refractivity contribution < 1.29 is 13.9 Å². The van der Waals surface area contributed by atoms with Crippen molar-refractivity contribution >= 4 is 5.91 Å². The molecular formula is C21H26FNO2. The number of nitrogens with one attached hydrogen (secondary N) is 1. The Morgan fingerprint density at radius 1 is 1.08 bits per heavy atom. The van der Waals surface area contributed by atoms with Crippen LogP contribution in [0.4, 0.5) is 4.39 Å². The number of rotatable bonds is 7. The molecule has 1 atom stereocenters. The lowest BCUT2D eigenvalue weighted by Crippen LogP contribution is -2.28. The topological polar surface area (TPSA) is 38.3 Å². The molecule has 0 aliphatic heterocycles. The normalized spacial score (nSPS) is 12.1. The van der Waals surface area contributed by atoms with Crippen LogP contribution in [-0.4, -0.2) is 13.0 Å². The highest BCUT2D eigenvalue weighted by atomic mass is 19.1. The van der Waals surface area contributed by atoms with Gasteiger partial charge < -0.3 is 10.1 Å². The second kappa shape index (κ2) is 8.65. The third-order valence-corrected chi connectivity index (χ3v) is 4.08. The number of halogens is 1. The molecule has 0 aliphatic carbocycles. The van der Waals surface area contributed by atoms with Gasteiger partial charge in [0.05, 0.1) is 19.6 Å². The molecule has 1 amide bonds. The molecule has 0 aliphatic rings. The van der Waals surface area contributed by atoms with Crippen LogP contribution in [0.25, 0.3) is 0 Å². The molecular weight excluding hydrogens is 317 g/mol. The number of carbonyl (C=O) groups excluding carboxylic acids is 1. The van der Waals surface area contributed by atoms with E-state index in [0.717, 1.165) is 12.0 Å². The van der Waals surface area contributed by atoms with Crippen molar-refractivity contribution in [1.82, 2.24) is 5.32 Å². The van der Waals surface area contributed by atoms with Crippen LogP contribution in [0.1, 0.15) is 43.5 Å². The molecule has 0 aromatic heterocycles. The van der Waals surface area contributed by atoms with E-state index in [1.807, 2.05) is 6.92 Å². The predicted molar refractivity (Wildman–Crippen MR) is 98.2 cm³/mol. The fourth-order valence-corrected chi connectivity index (χ4v) is 2.79. The Balaban J connectivity index is 1.94. The molecule has 3 nitrogen and oxygen atoms in total. The maximum absolute atomic E-state index is 13.7. The first-order chi connectivity index (χ1) is 11.9. The molecule has 0 bridgehead atoms. The lowest BCUT2D eigenvalue weighted by molar-refractivity contribution is -0.121. The van der Waals surface area contributed by atoms with Gasteiger partial charge in [-0.1, -0.05) is 44.2 Å². The zero-order valence-electron chi connectivity index (χ0n) is 15.3. The van der Waals surface area contributed by atoms with Crippen molar-refractivity contribution in [2.75, 3.05) is 7.11 Å². The smallest absolute Gasteiger partial charge is 0.224 e. The fourth-order valence-electron chi connectivity index (χ4n) is 2.79. The predicted octanol–water partition coefficient (Wildman–Crippen LogP) is 4.45. The minimum Gasteiger partial charge on any atom is -0.494 e. The summed E-state index contributed by atoms with van der Waals surface area (Å²) in [6.07, 6.45) is 1.18. The molecule has 0 unspecified atom stereocenters. The van der Waals surface area contributed by atoms with Crippen molar-refractivity contribution in [2.45, 2.75) is 39.7 Å². The van der Waals surface area contributed by atoms with Gasteiger partial charge in [-0.25, -0.2) is 4.39 Å². The highest BCUT2D eigenvalue weighted by molar-refractivity contribution is 5.79. The van der Waals surface area contributed by atoms with Gasteiger partial charge in [0.2, 0.25) is 5.91 Å². The van der Waals surface area contributed by atoms with Crippen molar-refractivity contribution in [3.63, 3.8) is 0 Å². The van der Waals surface area contributed by atoms with Crippen LogP contribution in [0.3, 0.4) is 0 Å². The summed E-state index contributed by atoms with van der Waals surface area (Å²) in [6, 6.07) is 12.8. The minimum atomic E-state index is -0.457. The molecule has 0 heterocycles. The molecule has 0 spiro atoms. The summed E-state index contributed by atoms with van der Waals surface area (Å²) in [6.45, 7) is 6.33. The molecule has 0 saturated carbocycles. The monoisotopic (exact) mass is 343 g/mol. The van der Waals surface area contributed by atoms with Crippen LogP contribution in [0.5, 0.6) is 5.75 Å². The molecule has 0 radical (unpaired) electrons. The summed E-state index contributed by atoms with van der Waals surface area (Å²) in [7, 11) is 1.42. The number of carbonyl (C=O) groups is 1. The number of amides is 1. The lowest BCUT2D eigenvalue weighted by atomic mass is 10.00. The van der Waals surface area contributed by atoms with Crippen LogP contribution in [0.15, 0.2) is 42.5 Å². The summed E-state index contributed by atoms with van der Waals surface area (Å²) in [4.78, 5) is 12.2. The Bertz CT molecular complexity index is 710. The molecule has 2 aromatic rings. The number of methoxy groups -OCH3 is 1. The highest BCUT2D eigenvalue weighted by Gasteiger charge is 2.12. The van der Waals surface area contributed by atoms with Gasteiger partial charge in [0, 0.05) is 0 Å². The van der Waals surface area contributed by atoms with E-state index in [0.29, 0.717) is 11.5 Å². The zero-order valence-corrected chi connectivity index (χ0v) is 15.3. The maximum Gasteiger partial charge on any atom is 0.224 e. The SMILES string of the molecule is COc1ccc(CC(=O)N[C@H](C)c2ccc(CC(C)C)cc2)cc1F. The van der Waals surface area contributed by atoms with Crippen LogP contribution in [-0.2, 0) is 17.6 Å². The van der Waals surface area contributed by atoms with E-state index in [4.69, 9.17) is 4.74 Å². The second-order valence-electron chi connectivity index (χ2n) is 6.77. The molecule has 25 heavy (non-hydrogen) atoms. The number of hydrogen-bond donors (Lipinski definition) is 1. The summed E-state index contributed by atoms with van der Waals surface area (Å²) < 4.78 is 18.6. The average Bonchev–Trinajstić information content (AvgIpc) is 2.55. The Kier molecular flexibility index (Phi) is 6.57. The fraction of sp³-hybridized carbons (Fsp3) is 0.381. The molecule has 2 rings (SSSR count). The molecule has 0 saturated heterocycles. The summed E-state index contributed by atoms with van der Waals surface area (Å²) in [5.41, 5.74) is 2.98. The summed E-state index contributed by atoms with van der Waals surface area (Å²) in [5.74, 6) is 0.205. The van der Waals surface area contributed by atoms with Crippen molar-refractivity contribution in [2.24, 2.45) is 5.92 Å². The van der Waals surface area contributed by atoms with Gasteiger partial charge in [0.1, 0.15) is 0 Å². The van der Waals surface area contributed by atoms with Crippen molar-refractivity contribution in [3.8, 4) is 5.75 Å². The van der Waals surface area contributed by atoms with Crippen LogP contribution >= 0.6 is 0 Å². The Morgan fingerprint density at radius 3 is 2.28 bits per heavy atom. The summed E-state index contributed by atoms with van der Waals surface area (Å²) in [5, 5.41) is 2.96. The van der Waals surface area contributed by atoms with Gasteiger partial charge in [0.25, 0.3) is 0 Å². The van der Waals surface area contributed by atoms with E-state index < -0.39 is 5.82 Å². The van der Waals surface area contributed by atoms with Gasteiger partial charge in [-0.3, -0.25) is 4.79 Å². The van der Waals surface area contributed by atoms with Crippen LogP contribution in [0, 0.1) is 11.7 Å². The molecule has 4 heteroatoms. The van der Waals surface area contributed by atoms with Gasteiger partial charge in [0.15, 0.2) is 11.6 Å². The largest absolute Gasteiger partial charge is 0.494 e. The summed E-state index contributed by atoms with van der Waals surface area (Å²) >= 11 is 0. The van der Waals surface area contributed by atoms with E-state index in [1.54, 1.807) is 6.07 Å². The standard InChI is InChI=1S/C21H26FNO2/c1-14(2)11-16-5-8-18(9-6-16)15(3)23-21(24)13-17-7-10-20(25-4)19(22)12-17/h5-10,12,14-15H,11,13H2,1-4H3,(H,23,24)/t15-/m1/s1. The Hall–Kier alpha value is -2.36. The average molecular weight is 343 g/mol. The first kappa shape index (κ1) is 19.0. The van der Waals surface area contributed by atoms with Crippen molar-refractivity contribution in [1.29, 1.82) is 0 Å². The Labute approximate surface area is 149 Å². The van der Waals surface area contributed by atoms with Gasteiger partial charge in [-0.2, -0.15) is 0 Å². The van der Waals surface area contributed by atoms with Crippen LogP contribution < -0.4 is 10.1 Å². The van der Waals surface area contributed by atoms with Gasteiger partial charge >= 0.3 is 0 Å². The lowest BCUT2D eigenvalue weighted by Gasteiger charge is -2.15. The number of benzene rings is 2. The van der Waals surface area contributed by atoms with E-state index in [9.17, 15) is 9.18 Å². The molecule has 0 fully saturated rings. The third-order valence-electron chi connectivity index (χ3n) is 4.08. The zero-order chi connectivity index (χ0) is 18.4. The first-order valence-corrected chi connectivity index (χ1v) is 8.59. The van der Waals surface area contributed by atoms with E-state index in [1.165, 1.54) is 24.8 Å². The number of ether oxygens (including phenoxy) is 1. The maximum atomic E-state index is 13.7. The number of hydrogen-bond acceptors (Lipinski definition) is 2. The van der Waals surface area contributed by atoms with Gasteiger partial charge in [-0.05, 0) is 48.1 Å². The molecule has 1 N–H and O–H groups in total. The second-order valence-corrected chi connectivity index (χ2v) is 6.77. The van der Waals surface area contributed by atoms with Crippen LogP contribution in [0.2, 0.25) is 0 Å². The molecule has 2 aromatic carbocycles. The molecule has 134 valence electrons. The highest BCUT2D eigenvalue weighted by Crippen LogP contribution is 2.19. The van der Waals surface area contributed by atoms with E-state index >= 15 is 0 Å². The minimum absolute atomic E-state index is 0.0938.